The highest BCUT2D eigenvalue weighted by atomic mass is 32.2. The summed E-state index contributed by atoms with van der Waals surface area (Å²) in [6, 6.07) is 10.5. The van der Waals surface area contributed by atoms with E-state index >= 15 is 0 Å². The number of rotatable bonds is 10. The lowest BCUT2D eigenvalue weighted by molar-refractivity contribution is 0.454. The Morgan fingerprint density at radius 2 is 1.57 bits per heavy atom. The van der Waals surface area contributed by atoms with E-state index in [1.165, 1.54) is 62.1 Å². The van der Waals surface area contributed by atoms with Gasteiger partial charge < -0.3 is 5.11 Å². The van der Waals surface area contributed by atoms with Crippen LogP contribution in [-0.4, -0.2) is 11.4 Å². The van der Waals surface area contributed by atoms with E-state index in [0.29, 0.717) is 5.75 Å². The van der Waals surface area contributed by atoms with E-state index in [1.54, 1.807) is 11.8 Å². The standard InChI is InChI=1S/C21H30OS/c1-3-4-5-6-7-8-9-10-15-19-18-14-12-11-13-17(18)16-20(23-2)21(19)22/h11-14,16,22H,3-10,15H2,1-2H3. The Balaban J connectivity index is 1.93. The highest BCUT2D eigenvalue weighted by molar-refractivity contribution is 7.98. The number of thioether (sulfide) groups is 1. The molecule has 0 spiro atoms. The second-order valence-electron chi connectivity index (χ2n) is 6.35. The second kappa shape index (κ2) is 9.87. The Morgan fingerprint density at radius 3 is 2.26 bits per heavy atom. The molecule has 23 heavy (non-hydrogen) atoms. The fourth-order valence-corrected chi connectivity index (χ4v) is 3.79. The van der Waals surface area contributed by atoms with E-state index in [0.717, 1.165) is 16.9 Å². The summed E-state index contributed by atoms with van der Waals surface area (Å²) >= 11 is 1.63. The maximum atomic E-state index is 10.6. The predicted octanol–water partition coefficient (Wildman–Crippen LogP) is 6.95. The third-order valence-electron chi connectivity index (χ3n) is 4.59. The summed E-state index contributed by atoms with van der Waals surface area (Å²) in [6.07, 6.45) is 13.6. The molecule has 1 nitrogen and oxygen atoms in total. The highest BCUT2D eigenvalue weighted by Gasteiger charge is 2.11. The third kappa shape index (κ3) is 5.17. The molecule has 0 saturated carbocycles. The number of phenolic OH excluding ortho intramolecular Hbond substituents is 1. The summed E-state index contributed by atoms with van der Waals surface area (Å²) in [5.74, 6) is 0.499. The third-order valence-corrected chi connectivity index (χ3v) is 5.34. The van der Waals surface area contributed by atoms with Crippen LogP contribution < -0.4 is 0 Å². The summed E-state index contributed by atoms with van der Waals surface area (Å²) in [4.78, 5) is 0.998. The van der Waals surface area contributed by atoms with Crippen LogP contribution in [0.15, 0.2) is 35.2 Å². The Kier molecular flexibility index (Phi) is 7.81. The van der Waals surface area contributed by atoms with Crippen LogP contribution in [0.25, 0.3) is 10.8 Å². The van der Waals surface area contributed by atoms with Crippen LogP contribution in [0.3, 0.4) is 0 Å². The maximum Gasteiger partial charge on any atom is 0.132 e. The normalized spacial score (nSPS) is 11.2. The minimum Gasteiger partial charge on any atom is -0.506 e. The van der Waals surface area contributed by atoms with Gasteiger partial charge in [0.1, 0.15) is 5.75 Å². The number of hydrogen-bond donors (Lipinski definition) is 1. The van der Waals surface area contributed by atoms with Crippen LogP contribution in [-0.2, 0) is 6.42 Å². The minimum absolute atomic E-state index is 0.499. The van der Waals surface area contributed by atoms with Crippen LogP contribution in [0.4, 0.5) is 0 Å². The fourth-order valence-electron chi connectivity index (χ4n) is 3.23. The molecule has 0 atom stereocenters. The first-order valence-corrected chi connectivity index (χ1v) is 10.3. The molecule has 0 aromatic heterocycles. The van der Waals surface area contributed by atoms with Crippen molar-refractivity contribution in [2.75, 3.05) is 6.26 Å². The van der Waals surface area contributed by atoms with Crippen LogP contribution in [0.1, 0.15) is 63.9 Å². The first-order valence-electron chi connectivity index (χ1n) is 9.05. The van der Waals surface area contributed by atoms with Crippen molar-refractivity contribution in [3.05, 3.63) is 35.9 Å². The van der Waals surface area contributed by atoms with Gasteiger partial charge in [-0.05, 0) is 35.9 Å². The van der Waals surface area contributed by atoms with Crippen LogP contribution >= 0.6 is 11.8 Å². The van der Waals surface area contributed by atoms with Crippen LogP contribution in [0.2, 0.25) is 0 Å². The zero-order valence-corrected chi connectivity index (χ0v) is 15.4. The van der Waals surface area contributed by atoms with Crippen molar-refractivity contribution < 1.29 is 5.11 Å². The van der Waals surface area contributed by atoms with E-state index in [1.807, 2.05) is 6.26 Å². The number of fused-ring (bicyclic) bond motifs is 1. The molecule has 0 radical (unpaired) electrons. The van der Waals surface area contributed by atoms with Gasteiger partial charge in [-0.3, -0.25) is 0 Å². The first-order chi connectivity index (χ1) is 11.3. The summed E-state index contributed by atoms with van der Waals surface area (Å²) in [7, 11) is 0. The molecule has 0 fully saturated rings. The number of benzene rings is 2. The average molecular weight is 331 g/mol. The van der Waals surface area contributed by atoms with Gasteiger partial charge in [0.05, 0.1) is 0 Å². The monoisotopic (exact) mass is 330 g/mol. The quantitative estimate of drug-likeness (QED) is 0.375. The van der Waals surface area contributed by atoms with E-state index in [9.17, 15) is 5.11 Å². The molecule has 0 aliphatic rings. The van der Waals surface area contributed by atoms with Gasteiger partial charge in [0.15, 0.2) is 0 Å². The van der Waals surface area contributed by atoms with Crippen molar-refractivity contribution >= 4 is 22.5 Å². The molecule has 1 N–H and O–H groups in total. The number of hydrogen-bond acceptors (Lipinski definition) is 2. The van der Waals surface area contributed by atoms with Gasteiger partial charge >= 0.3 is 0 Å². The van der Waals surface area contributed by atoms with E-state index in [2.05, 4.69) is 37.3 Å². The Bertz CT molecular complexity index is 606. The van der Waals surface area contributed by atoms with Gasteiger partial charge in [0, 0.05) is 10.5 Å². The lowest BCUT2D eigenvalue weighted by atomic mass is 9.98. The number of phenols is 1. The molecule has 0 bridgehead atoms. The summed E-state index contributed by atoms with van der Waals surface area (Å²) in [6.45, 7) is 2.26. The number of unbranched alkanes of at least 4 members (excludes halogenated alkanes) is 7. The van der Waals surface area contributed by atoms with Gasteiger partial charge in [-0.1, -0.05) is 76.1 Å². The van der Waals surface area contributed by atoms with Crippen molar-refractivity contribution in [1.82, 2.24) is 0 Å². The smallest absolute Gasteiger partial charge is 0.132 e. The lowest BCUT2D eigenvalue weighted by Crippen LogP contribution is -1.92. The molecule has 0 aliphatic heterocycles. The van der Waals surface area contributed by atoms with Crippen LogP contribution in [0.5, 0.6) is 5.75 Å². The minimum atomic E-state index is 0.499. The van der Waals surface area contributed by atoms with Crippen LogP contribution in [0, 0.1) is 0 Å². The van der Waals surface area contributed by atoms with Crippen molar-refractivity contribution in [2.45, 2.75) is 69.6 Å². The maximum absolute atomic E-state index is 10.6. The van der Waals surface area contributed by atoms with Gasteiger partial charge in [0.2, 0.25) is 0 Å². The summed E-state index contributed by atoms with van der Waals surface area (Å²) in [5, 5.41) is 13.0. The van der Waals surface area contributed by atoms with Gasteiger partial charge in [-0.25, -0.2) is 0 Å². The number of aromatic hydroxyl groups is 1. The Morgan fingerprint density at radius 1 is 0.913 bits per heavy atom. The summed E-state index contributed by atoms with van der Waals surface area (Å²) < 4.78 is 0. The topological polar surface area (TPSA) is 20.2 Å². The van der Waals surface area contributed by atoms with Gasteiger partial charge in [-0.15, -0.1) is 11.8 Å². The van der Waals surface area contributed by atoms with E-state index in [-0.39, 0.29) is 0 Å². The molecule has 2 aromatic carbocycles. The Hall–Kier alpha value is -1.15. The summed E-state index contributed by atoms with van der Waals surface area (Å²) in [5.41, 5.74) is 1.14. The van der Waals surface area contributed by atoms with E-state index < -0.39 is 0 Å². The zero-order chi connectivity index (χ0) is 16.5. The predicted molar refractivity (Wildman–Crippen MR) is 104 cm³/mol. The zero-order valence-electron chi connectivity index (χ0n) is 14.6. The Labute approximate surface area is 145 Å². The molecule has 2 rings (SSSR count). The second-order valence-corrected chi connectivity index (χ2v) is 7.20. The van der Waals surface area contributed by atoms with E-state index in [4.69, 9.17) is 0 Å². The lowest BCUT2D eigenvalue weighted by Gasteiger charge is -2.12. The largest absolute Gasteiger partial charge is 0.506 e. The van der Waals surface area contributed by atoms with Crippen molar-refractivity contribution in [2.24, 2.45) is 0 Å². The number of aryl methyl sites for hydroxylation is 1. The molecule has 0 amide bonds. The highest BCUT2D eigenvalue weighted by Crippen LogP contribution is 2.37. The molecule has 0 aliphatic carbocycles. The molecule has 0 saturated heterocycles. The molecule has 126 valence electrons. The van der Waals surface area contributed by atoms with Crippen molar-refractivity contribution in [1.29, 1.82) is 0 Å². The molecule has 0 unspecified atom stereocenters. The van der Waals surface area contributed by atoms with Crippen molar-refractivity contribution in [3.63, 3.8) is 0 Å². The van der Waals surface area contributed by atoms with Crippen molar-refractivity contribution in [3.8, 4) is 5.75 Å². The first kappa shape index (κ1) is 18.2. The molecule has 2 heteroatoms. The SMILES string of the molecule is CCCCCCCCCCc1c(O)c(SC)cc2ccccc12. The molecule has 0 heterocycles. The van der Waals surface area contributed by atoms with Gasteiger partial charge in [-0.2, -0.15) is 0 Å². The molecular weight excluding hydrogens is 300 g/mol. The van der Waals surface area contributed by atoms with Gasteiger partial charge in [0.25, 0.3) is 0 Å². The average Bonchev–Trinajstić information content (AvgIpc) is 2.58. The molecule has 2 aromatic rings. The fraction of sp³-hybridized carbons (Fsp3) is 0.524. The molecular formula is C21H30OS.